The molecular formula is C14H28N2O2. The van der Waals surface area contributed by atoms with Gasteiger partial charge in [-0.1, -0.05) is 19.8 Å². The molecule has 1 rings (SSSR count). The fraction of sp³-hybridized carbons (Fsp3) is 0.929. The highest BCUT2D eigenvalue weighted by Crippen LogP contribution is 2.11. The smallest absolute Gasteiger partial charge is 0.239 e. The van der Waals surface area contributed by atoms with Gasteiger partial charge in [0.15, 0.2) is 0 Å². The van der Waals surface area contributed by atoms with Crippen LogP contribution in [0.1, 0.15) is 46.5 Å². The van der Waals surface area contributed by atoms with Crippen molar-refractivity contribution in [1.29, 1.82) is 0 Å². The molecule has 106 valence electrons. The van der Waals surface area contributed by atoms with Gasteiger partial charge in [0, 0.05) is 25.7 Å². The van der Waals surface area contributed by atoms with Crippen molar-refractivity contribution in [3.63, 3.8) is 0 Å². The highest BCUT2D eigenvalue weighted by Gasteiger charge is 2.23. The molecule has 1 saturated heterocycles. The second kappa shape index (κ2) is 7.74. The number of nitrogens with one attached hydrogen (secondary N) is 1. The van der Waals surface area contributed by atoms with Crippen LogP contribution in [0.4, 0.5) is 0 Å². The highest BCUT2D eigenvalue weighted by atomic mass is 16.3. The lowest BCUT2D eigenvalue weighted by molar-refractivity contribution is -0.133. The zero-order valence-electron chi connectivity index (χ0n) is 12.0. The van der Waals surface area contributed by atoms with Crippen molar-refractivity contribution in [3.8, 4) is 0 Å². The standard InChI is InChI=1S/C14H28N2O2/c1-11(10-17)12(2)15-13(3)14(18)16-8-6-4-5-7-9-16/h11-13,15,17H,4-10H2,1-3H3. The van der Waals surface area contributed by atoms with Crippen LogP contribution < -0.4 is 5.32 Å². The van der Waals surface area contributed by atoms with Crippen LogP contribution in [0.5, 0.6) is 0 Å². The van der Waals surface area contributed by atoms with E-state index in [1.807, 2.05) is 25.7 Å². The van der Waals surface area contributed by atoms with E-state index < -0.39 is 0 Å². The summed E-state index contributed by atoms with van der Waals surface area (Å²) in [6.07, 6.45) is 4.73. The molecule has 2 N–H and O–H groups in total. The van der Waals surface area contributed by atoms with Crippen molar-refractivity contribution in [2.24, 2.45) is 5.92 Å². The summed E-state index contributed by atoms with van der Waals surface area (Å²) < 4.78 is 0. The van der Waals surface area contributed by atoms with E-state index in [-0.39, 0.29) is 30.5 Å². The molecule has 1 heterocycles. The Labute approximate surface area is 111 Å². The van der Waals surface area contributed by atoms with Crippen LogP contribution in [0.2, 0.25) is 0 Å². The van der Waals surface area contributed by atoms with E-state index in [1.54, 1.807) is 0 Å². The Balaban J connectivity index is 2.44. The number of aliphatic hydroxyl groups is 1. The molecule has 1 fully saturated rings. The minimum absolute atomic E-state index is 0.152. The number of nitrogens with zero attached hydrogens (tertiary/aromatic N) is 1. The van der Waals surface area contributed by atoms with Crippen molar-refractivity contribution >= 4 is 5.91 Å². The van der Waals surface area contributed by atoms with E-state index in [4.69, 9.17) is 5.11 Å². The van der Waals surface area contributed by atoms with Crippen molar-refractivity contribution < 1.29 is 9.90 Å². The quantitative estimate of drug-likeness (QED) is 0.781. The van der Waals surface area contributed by atoms with Gasteiger partial charge < -0.3 is 15.3 Å². The van der Waals surface area contributed by atoms with Crippen LogP contribution in [0.3, 0.4) is 0 Å². The summed E-state index contributed by atoms with van der Waals surface area (Å²) >= 11 is 0. The largest absolute Gasteiger partial charge is 0.396 e. The van der Waals surface area contributed by atoms with E-state index in [9.17, 15) is 4.79 Å². The summed E-state index contributed by atoms with van der Waals surface area (Å²) in [5, 5.41) is 12.4. The first kappa shape index (κ1) is 15.4. The predicted octanol–water partition coefficient (Wildman–Crippen LogP) is 1.38. The molecular weight excluding hydrogens is 228 g/mol. The first-order valence-electron chi connectivity index (χ1n) is 7.22. The van der Waals surface area contributed by atoms with Gasteiger partial charge in [-0.2, -0.15) is 0 Å². The lowest BCUT2D eigenvalue weighted by Crippen LogP contribution is -2.49. The minimum Gasteiger partial charge on any atom is -0.396 e. The maximum absolute atomic E-state index is 12.3. The summed E-state index contributed by atoms with van der Waals surface area (Å²) in [6, 6.07) is -0.00646. The predicted molar refractivity (Wildman–Crippen MR) is 73.4 cm³/mol. The van der Waals surface area contributed by atoms with Crippen LogP contribution in [0, 0.1) is 5.92 Å². The molecule has 0 aromatic heterocycles. The van der Waals surface area contributed by atoms with Gasteiger partial charge >= 0.3 is 0 Å². The molecule has 1 amide bonds. The Morgan fingerprint density at radius 3 is 2.22 bits per heavy atom. The second-order valence-electron chi connectivity index (χ2n) is 5.58. The minimum atomic E-state index is -0.160. The molecule has 0 saturated carbocycles. The normalized spacial score (nSPS) is 22.1. The molecule has 0 aromatic carbocycles. The van der Waals surface area contributed by atoms with Crippen molar-refractivity contribution in [2.75, 3.05) is 19.7 Å². The third-order valence-electron chi connectivity index (χ3n) is 3.94. The molecule has 0 radical (unpaired) electrons. The molecule has 18 heavy (non-hydrogen) atoms. The number of carbonyl (C=O) groups is 1. The molecule has 1 aliphatic heterocycles. The SMILES string of the molecule is CC(NC(C)C(C)CO)C(=O)N1CCCCCC1. The van der Waals surface area contributed by atoms with Crippen LogP contribution in [0.25, 0.3) is 0 Å². The van der Waals surface area contributed by atoms with Gasteiger partial charge in [0.2, 0.25) is 5.91 Å². The Morgan fingerprint density at radius 1 is 1.17 bits per heavy atom. The first-order chi connectivity index (χ1) is 8.56. The molecule has 0 aromatic rings. The zero-order valence-corrected chi connectivity index (χ0v) is 12.0. The monoisotopic (exact) mass is 256 g/mol. The molecule has 4 heteroatoms. The number of aliphatic hydroxyl groups excluding tert-OH is 1. The maximum atomic E-state index is 12.3. The summed E-state index contributed by atoms with van der Waals surface area (Å²) in [6.45, 7) is 7.88. The van der Waals surface area contributed by atoms with Gasteiger partial charge in [0.25, 0.3) is 0 Å². The molecule has 0 spiro atoms. The maximum Gasteiger partial charge on any atom is 0.239 e. The third kappa shape index (κ3) is 4.58. The Bertz CT molecular complexity index is 250. The Hall–Kier alpha value is -0.610. The first-order valence-corrected chi connectivity index (χ1v) is 7.22. The summed E-state index contributed by atoms with van der Waals surface area (Å²) in [4.78, 5) is 14.3. The number of rotatable bonds is 5. The van der Waals surface area contributed by atoms with E-state index >= 15 is 0 Å². The van der Waals surface area contributed by atoms with E-state index in [2.05, 4.69) is 5.32 Å². The van der Waals surface area contributed by atoms with Gasteiger partial charge in [-0.3, -0.25) is 4.79 Å². The molecule has 0 bridgehead atoms. The average molecular weight is 256 g/mol. The van der Waals surface area contributed by atoms with Crippen LogP contribution in [-0.4, -0.2) is 47.7 Å². The lowest BCUT2D eigenvalue weighted by Gasteiger charge is -2.28. The van der Waals surface area contributed by atoms with Crippen molar-refractivity contribution in [3.05, 3.63) is 0 Å². The summed E-state index contributed by atoms with van der Waals surface area (Å²) in [5.74, 6) is 0.373. The summed E-state index contributed by atoms with van der Waals surface area (Å²) in [5.41, 5.74) is 0. The molecule has 4 nitrogen and oxygen atoms in total. The van der Waals surface area contributed by atoms with Crippen LogP contribution in [0.15, 0.2) is 0 Å². The van der Waals surface area contributed by atoms with Crippen LogP contribution >= 0.6 is 0 Å². The topological polar surface area (TPSA) is 52.6 Å². The lowest BCUT2D eigenvalue weighted by atomic mass is 10.0. The molecule has 3 unspecified atom stereocenters. The van der Waals surface area contributed by atoms with E-state index in [0.29, 0.717) is 0 Å². The summed E-state index contributed by atoms with van der Waals surface area (Å²) in [7, 11) is 0. The number of amides is 1. The number of likely N-dealkylation sites (tertiary alicyclic amines) is 1. The Morgan fingerprint density at radius 2 is 1.72 bits per heavy atom. The Kier molecular flexibility index (Phi) is 6.65. The molecule has 0 aliphatic carbocycles. The van der Waals surface area contributed by atoms with Gasteiger partial charge in [-0.15, -0.1) is 0 Å². The molecule has 1 aliphatic rings. The van der Waals surface area contributed by atoms with E-state index in [1.165, 1.54) is 12.8 Å². The fourth-order valence-electron chi connectivity index (χ4n) is 2.35. The number of hydrogen-bond donors (Lipinski definition) is 2. The second-order valence-corrected chi connectivity index (χ2v) is 5.58. The fourth-order valence-corrected chi connectivity index (χ4v) is 2.35. The average Bonchev–Trinajstić information content (AvgIpc) is 2.65. The van der Waals surface area contributed by atoms with Gasteiger partial charge in [-0.05, 0) is 32.6 Å². The number of hydrogen-bond acceptors (Lipinski definition) is 3. The van der Waals surface area contributed by atoms with Gasteiger partial charge in [0.1, 0.15) is 0 Å². The van der Waals surface area contributed by atoms with Crippen molar-refractivity contribution in [2.45, 2.75) is 58.5 Å². The van der Waals surface area contributed by atoms with Crippen molar-refractivity contribution in [1.82, 2.24) is 10.2 Å². The van der Waals surface area contributed by atoms with Gasteiger partial charge in [-0.25, -0.2) is 0 Å². The zero-order chi connectivity index (χ0) is 13.5. The third-order valence-corrected chi connectivity index (χ3v) is 3.94. The number of carbonyl (C=O) groups excluding carboxylic acids is 1. The molecule has 3 atom stereocenters. The van der Waals surface area contributed by atoms with E-state index in [0.717, 1.165) is 25.9 Å². The van der Waals surface area contributed by atoms with Gasteiger partial charge in [0.05, 0.1) is 6.04 Å². The van der Waals surface area contributed by atoms with Crippen LogP contribution in [-0.2, 0) is 4.79 Å². The highest BCUT2D eigenvalue weighted by molar-refractivity contribution is 5.81.